The van der Waals surface area contributed by atoms with Crippen LogP contribution in [0.2, 0.25) is 5.28 Å². The average molecular weight is 434 g/mol. The molecule has 0 amide bonds. The lowest BCUT2D eigenvalue weighted by molar-refractivity contribution is -0.112. The first-order valence-electron chi connectivity index (χ1n) is 10.1. The fourth-order valence-electron chi connectivity index (χ4n) is 5.06. The van der Waals surface area contributed by atoms with Gasteiger partial charge in [0.15, 0.2) is 11.6 Å². The number of carbonyl (C=O) groups excluding carboxylic acids is 1. The third-order valence-electron chi connectivity index (χ3n) is 6.42. The number of hydrogen-bond acceptors (Lipinski definition) is 7. The molecule has 30 heavy (non-hydrogen) atoms. The van der Waals surface area contributed by atoms with Crippen molar-refractivity contribution in [2.24, 2.45) is 23.7 Å². The number of benzene rings is 1. The molecule has 1 aromatic heterocycles. The normalized spacial score (nSPS) is 28.4. The molecule has 6 unspecified atom stereocenters. The summed E-state index contributed by atoms with van der Waals surface area (Å²) in [5.41, 5.74) is 7.17. The van der Waals surface area contributed by atoms with Crippen molar-refractivity contribution in [2.75, 3.05) is 24.1 Å². The number of anilines is 2. The highest BCUT2D eigenvalue weighted by Crippen LogP contribution is 2.51. The molecule has 2 aromatic rings. The van der Waals surface area contributed by atoms with Crippen LogP contribution in [0, 0.1) is 29.5 Å². The Kier molecular flexibility index (Phi) is 6.17. The summed E-state index contributed by atoms with van der Waals surface area (Å²) in [6, 6.07) is 7.00. The maximum atomic E-state index is 14.1. The monoisotopic (exact) mass is 433 g/mol. The van der Waals surface area contributed by atoms with Gasteiger partial charge in [-0.1, -0.05) is 12.1 Å². The molecule has 2 bridgehead atoms. The van der Waals surface area contributed by atoms with Gasteiger partial charge in [0.05, 0.1) is 12.3 Å². The Morgan fingerprint density at radius 1 is 1.40 bits per heavy atom. The van der Waals surface area contributed by atoms with E-state index in [1.807, 2.05) is 12.1 Å². The molecule has 7 nitrogen and oxygen atoms in total. The van der Waals surface area contributed by atoms with Gasteiger partial charge in [-0.2, -0.15) is 4.98 Å². The molecule has 5 N–H and O–H groups in total. The molecule has 0 saturated heterocycles. The first-order chi connectivity index (χ1) is 14.5. The smallest absolute Gasteiger partial charge is 0.224 e. The van der Waals surface area contributed by atoms with Crippen molar-refractivity contribution in [3.63, 3.8) is 0 Å². The lowest BCUT2D eigenvalue weighted by atomic mass is 9.78. The summed E-state index contributed by atoms with van der Waals surface area (Å²) < 4.78 is 14.1. The van der Waals surface area contributed by atoms with Gasteiger partial charge in [0, 0.05) is 24.2 Å². The van der Waals surface area contributed by atoms with Crippen molar-refractivity contribution >= 4 is 29.4 Å². The van der Waals surface area contributed by atoms with Gasteiger partial charge in [0.1, 0.15) is 6.29 Å². The van der Waals surface area contributed by atoms with Crippen molar-refractivity contribution in [3.8, 4) is 0 Å². The van der Waals surface area contributed by atoms with Crippen molar-refractivity contribution in [1.82, 2.24) is 15.3 Å². The molecule has 6 atom stereocenters. The standard InChI is InChI=1S/C21H25ClFN5O2/c22-21-26-8-17(23)20(28-21)27-19-15-6-12(16(19)10-29)4-13(15)7-25-9-18(30)11-2-1-3-14(24)5-11/h1-3,5,8,10,12-13,15-16,18-19,25,30H,4,6-7,9,24H2,(H,26,27,28). The second-order valence-electron chi connectivity index (χ2n) is 8.22. The number of aromatic nitrogens is 2. The number of aliphatic hydroxyl groups is 1. The zero-order valence-corrected chi connectivity index (χ0v) is 17.1. The van der Waals surface area contributed by atoms with E-state index < -0.39 is 11.9 Å². The molecule has 0 aliphatic heterocycles. The van der Waals surface area contributed by atoms with E-state index in [0.717, 1.165) is 30.9 Å². The molecule has 160 valence electrons. The van der Waals surface area contributed by atoms with Crippen LogP contribution >= 0.6 is 11.6 Å². The van der Waals surface area contributed by atoms with Crippen LogP contribution in [-0.2, 0) is 4.79 Å². The first-order valence-corrected chi connectivity index (χ1v) is 10.5. The van der Waals surface area contributed by atoms with E-state index in [2.05, 4.69) is 20.6 Å². The molecule has 0 spiro atoms. The fraction of sp³-hybridized carbons (Fsp3) is 0.476. The number of nitrogens with two attached hydrogens (primary N) is 1. The van der Waals surface area contributed by atoms with Crippen LogP contribution < -0.4 is 16.4 Å². The molecule has 0 radical (unpaired) electrons. The Bertz CT molecular complexity index is 917. The molecule has 2 fully saturated rings. The van der Waals surface area contributed by atoms with E-state index in [1.165, 1.54) is 0 Å². The third kappa shape index (κ3) is 4.26. The predicted octanol–water partition coefficient (Wildman–Crippen LogP) is 2.43. The number of carbonyl (C=O) groups is 1. The molecule has 2 saturated carbocycles. The number of fused-ring (bicyclic) bond motifs is 2. The molecule has 9 heteroatoms. The van der Waals surface area contributed by atoms with Gasteiger partial charge < -0.3 is 26.3 Å². The van der Waals surface area contributed by atoms with Gasteiger partial charge in [-0.15, -0.1) is 0 Å². The predicted molar refractivity (Wildman–Crippen MR) is 112 cm³/mol. The van der Waals surface area contributed by atoms with Crippen molar-refractivity contribution in [1.29, 1.82) is 0 Å². The van der Waals surface area contributed by atoms with Gasteiger partial charge in [-0.3, -0.25) is 0 Å². The van der Waals surface area contributed by atoms with Crippen LogP contribution in [0.1, 0.15) is 24.5 Å². The average Bonchev–Trinajstić information content (AvgIpc) is 3.28. The van der Waals surface area contributed by atoms with Crippen LogP contribution in [0.25, 0.3) is 0 Å². The maximum absolute atomic E-state index is 14.1. The fourth-order valence-corrected chi connectivity index (χ4v) is 5.20. The lowest BCUT2D eigenvalue weighted by Gasteiger charge is -2.34. The van der Waals surface area contributed by atoms with E-state index >= 15 is 0 Å². The van der Waals surface area contributed by atoms with Crippen LogP contribution in [-0.4, -0.2) is 40.5 Å². The molecular weight excluding hydrogens is 409 g/mol. The number of aldehydes is 1. The van der Waals surface area contributed by atoms with Gasteiger partial charge in [-0.25, -0.2) is 9.37 Å². The summed E-state index contributed by atoms with van der Waals surface area (Å²) in [7, 11) is 0. The van der Waals surface area contributed by atoms with Crippen LogP contribution in [0.4, 0.5) is 15.9 Å². The summed E-state index contributed by atoms with van der Waals surface area (Å²) in [4.78, 5) is 19.3. The van der Waals surface area contributed by atoms with E-state index in [4.69, 9.17) is 17.3 Å². The summed E-state index contributed by atoms with van der Waals surface area (Å²) in [6.07, 6.45) is 3.18. The Morgan fingerprint density at radius 2 is 2.23 bits per heavy atom. The maximum Gasteiger partial charge on any atom is 0.224 e. The summed E-state index contributed by atoms with van der Waals surface area (Å²) >= 11 is 5.80. The highest BCUT2D eigenvalue weighted by molar-refractivity contribution is 6.28. The van der Waals surface area contributed by atoms with E-state index in [9.17, 15) is 14.3 Å². The lowest BCUT2D eigenvalue weighted by Crippen LogP contribution is -2.43. The van der Waals surface area contributed by atoms with E-state index in [1.54, 1.807) is 12.1 Å². The molecule has 2 aliphatic rings. The number of hydrogen-bond donors (Lipinski definition) is 4. The Labute approximate surface area is 179 Å². The van der Waals surface area contributed by atoms with Crippen molar-refractivity contribution < 1.29 is 14.3 Å². The minimum absolute atomic E-state index is 0.0307. The minimum atomic E-state index is -0.652. The minimum Gasteiger partial charge on any atom is -0.399 e. The molecular formula is C21H25ClFN5O2. The summed E-state index contributed by atoms with van der Waals surface area (Å²) in [5, 5.41) is 16.8. The summed E-state index contributed by atoms with van der Waals surface area (Å²) in [6.45, 7) is 1.11. The first kappa shape index (κ1) is 21.0. The second-order valence-corrected chi connectivity index (χ2v) is 8.56. The Balaban J connectivity index is 1.38. The largest absolute Gasteiger partial charge is 0.399 e. The van der Waals surface area contributed by atoms with Crippen LogP contribution in [0.3, 0.4) is 0 Å². The number of nitrogen functional groups attached to an aromatic ring is 1. The van der Waals surface area contributed by atoms with Crippen LogP contribution in [0.5, 0.6) is 0 Å². The zero-order valence-electron chi connectivity index (χ0n) is 16.3. The van der Waals surface area contributed by atoms with Gasteiger partial charge in [0.25, 0.3) is 0 Å². The van der Waals surface area contributed by atoms with E-state index in [-0.39, 0.29) is 34.9 Å². The number of nitrogens with zero attached hydrogens (tertiary/aromatic N) is 2. The van der Waals surface area contributed by atoms with Crippen molar-refractivity contribution in [3.05, 3.63) is 47.1 Å². The number of rotatable bonds is 8. The number of aliphatic hydroxyl groups excluding tert-OH is 1. The number of halogens is 2. The topological polar surface area (TPSA) is 113 Å². The van der Waals surface area contributed by atoms with Gasteiger partial charge in [0.2, 0.25) is 5.28 Å². The summed E-state index contributed by atoms with van der Waals surface area (Å²) in [5.74, 6) is 0.0377. The Morgan fingerprint density at radius 3 is 3.00 bits per heavy atom. The second kappa shape index (κ2) is 8.83. The Hall–Kier alpha value is -2.29. The molecule has 4 rings (SSSR count). The number of nitrogens with one attached hydrogen (secondary N) is 2. The van der Waals surface area contributed by atoms with Crippen LogP contribution in [0.15, 0.2) is 30.5 Å². The van der Waals surface area contributed by atoms with Crippen molar-refractivity contribution in [2.45, 2.75) is 25.0 Å². The molecule has 1 heterocycles. The third-order valence-corrected chi connectivity index (χ3v) is 6.60. The SMILES string of the molecule is Nc1cccc(C(O)CNCC2CC3CC2C(Nc2nc(Cl)ncc2F)C3C=O)c1. The van der Waals surface area contributed by atoms with Gasteiger partial charge >= 0.3 is 0 Å². The van der Waals surface area contributed by atoms with Gasteiger partial charge in [-0.05, 0) is 66.4 Å². The highest BCUT2D eigenvalue weighted by atomic mass is 35.5. The quantitative estimate of drug-likeness (QED) is 0.287. The molecule has 2 aliphatic carbocycles. The van der Waals surface area contributed by atoms with E-state index in [0.29, 0.717) is 24.7 Å². The highest BCUT2D eigenvalue weighted by Gasteiger charge is 2.52. The zero-order chi connectivity index (χ0) is 21.3. The molecule has 1 aromatic carbocycles.